The van der Waals surface area contributed by atoms with Crippen LogP contribution in [0.3, 0.4) is 0 Å². The molecule has 104 valence electrons. The SMILES string of the molecule is CC1CC(C)C(C)N(C(=O)c2ccc(F)c(N)c2)C1. The first-order valence-corrected chi connectivity index (χ1v) is 6.76. The Kier molecular flexibility index (Phi) is 3.78. The molecule has 1 amide bonds. The van der Waals surface area contributed by atoms with E-state index in [1.165, 1.54) is 18.2 Å². The molecule has 0 saturated carbocycles. The van der Waals surface area contributed by atoms with E-state index in [0.29, 0.717) is 17.4 Å². The number of carbonyl (C=O) groups excluding carboxylic acids is 1. The van der Waals surface area contributed by atoms with Gasteiger partial charge >= 0.3 is 0 Å². The highest BCUT2D eigenvalue weighted by atomic mass is 19.1. The fourth-order valence-electron chi connectivity index (χ4n) is 2.83. The maximum Gasteiger partial charge on any atom is 0.254 e. The van der Waals surface area contributed by atoms with Gasteiger partial charge in [0.25, 0.3) is 5.91 Å². The van der Waals surface area contributed by atoms with Gasteiger partial charge in [-0.2, -0.15) is 0 Å². The average molecular weight is 264 g/mol. The molecule has 2 N–H and O–H groups in total. The van der Waals surface area contributed by atoms with Gasteiger partial charge in [-0.1, -0.05) is 13.8 Å². The zero-order valence-corrected chi connectivity index (χ0v) is 11.7. The number of likely N-dealkylation sites (tertiary alicyclic amines) is 1. The lowest BCUT2D eigenvalue weighted by Gasteiger charge is -2.41. The van der Waals surface area contributed by atoms with Gasteiger partial charge in [0.1, 0.15) is 5.82 Å². The van der Waals surface area contributed by atoms with Gasteiger partial charge in [0.05, 0.1) is 5.69 Å². The van der Waals surface area contributed by atoms with Crippen LogP contribution in [0.15, 0.2) is 18.2 Å². The molecule has 1 aliphatic heterocycles. The first-order valence-electron chi connectivity index (χ1n) is 6.76. The number of piperidine rings is 1. The van der Waals surface area contributed by atoms with Crippen LogP contribution in [-0.4, -0.2) is 23.4 Å². The van der Waals surface area contributed by atoms with Crippen LogP contribution in [0.25, 0.3) is 0 Å². The summed E-state index contributed by atoms with van der Waals surface area (Å²) in [5.74, 6) is 0.431. The summed E-state index contributed by atoms with van der Waals surface area (Å²) in [6, 6.07) is 4.39. The summed E-state index contributed by atoms with van der Waals surface area (Å²) < 4.78 is 13.2. The normalized spacial score (nSPS) is 27.4. The molecule has 1 heterocycles. The molecule has 0 bridgehead atoms. The van der Waals surface area contributed by atoms with Crippen LogP contribution in [-0.2, 0) is 0 Å². The third-order valence-electron chi connectivity index (χ3n) is 4.10. The van der Waals surface area contributed by atoms with Crippen LogP contribution in [0.2, 0.25) is 0 Å². The fourth-order valence-corrected chi connectivity index (χ4v) is 2.83. The molecule has 0 radical (unpaired) electrons. The Morgan fingerprint density at radius 3 is 2.68 bits per heavy atom. The van der Waals surface area contributed by atoms with Crippen molar-refractivity contribution >= 4 is 11.6 Å². The molecule has 0 aliphatic carbocycles. The molecule has 2 rings (SSSR count). The molecule has 1 saturated heterocycles. The summed E-state index contributed by atoms with van der Waals surface area (Å²) in [5, 5.41) is 0. The predicted octanol–water partition coefficient (Wildman–Crippen LogP) is 2.91. The predicted molar refractivity (Wildman–Crippen MR) is 74.3 cm³/mol. The Bertz CT molecular complexity index is 489. The van der Waals surface area contributed by atoms with E-state index in [0.717, 1.165) is 13.0 Å². The molecule has 3 nitrogen and oxygen atoms in total. The Balaban J connectivity index is 2.24. The number of nitrogen functional groups attached to an aromatic ring is 1. The second-order valence-electron chi connectivity index (χ2n) is 5.75. The Morgan fingerprint density at radius 1 is 1.37 bits per heavy atom. The van der Waals surface area contributed by atoms with Gasteiger partial charge < -0.3 is 10.6 Å². The molecule has 3 unspecified atom stereocenters. The maximum absolute atomic E-state index is 13.2. The fraction of sp³-hybridized carbons (Fsp3) is 0.533. The van der Waals surface area contributed by atoms with Gasteiger partial charge in [-0.3, -0.25) is 4.79 Å². The van der Waals surface area contributed by atoms with E-state index in [1.807, 2.05) is 4.90 Å². The summed E-state index contributed by atoms with van der Waals surface area (Å²) in [5.41, 5.74) is 6.02. The van der Waals surface area contributed by atoms with Crippen LogP contribution in [0.4, 0.5) is 10.1 Å². The topological polar surface area (TPSA) is 46.3 Å². The summed E-state index contributed by atoms with van der Waals surface area (Å²) >= 11 is 0. The third kappa shape index (κ3) is 2.72. The van der Waals surface area contributed by atoms with E-state index < -0.39 is 5.82 Å². The van der Waals surface area contributed by atoms with E-state index in [-0.39, 0.29) is 17.6 Å². The zero-order chi connectivity index (χ0) is 14.2. The maximum atomic E-state index is 13.2. The molecular formula is C15H21FN2O. The lowest BCUT2D eigenvalue weighted by Crippen LogP contribution is -2.48. The number of nitrogens with two attached hydrogens (primary N) is 1. The molecule has 0 aromatic heterocycles. The molecule has 1 fully saturated rings. The van der Waals surface area contributed by atoms with Crippen molar-refractivity contribution in [3.05, 3.63) is 29.6 Å². The second-order valence-corrected chi connectivity index (χ2v) is 5.75. The smallest absolute Gasteiger partial charge is 0.254 e. The molecule has 1 aromatic rings. The number of nitrogens with zero attached hydrogens (tertiary/aromatic N) is 1. The first kappa shape index (κ1) is 13.8. The number of hydrogen-bond donors (Lipinski definition) is 1. The van der Waals surface area contributed by atoms with Crippen molar-refractivity contribution in [2.75, 3.05) is 12.3 Å². The highest BCUT2D eigenvalue weighted by molar-refractivity contribution is 5.95. The zero-order valence-electron chi connectivity index (χ0n) is 11.7. The molecule has 1 aromatic carbocycles. The minimum Gasteiger partial charge on any atom is -0.396 e. The molecule has 1 aliphatic rings. The summed E-state index contributed by atoms with van der Waals surface area (Å²) in [7, 11) is 0. The molecular weight excluding hydrogens is 243 g/mol. The van der Waals surface area contributed by atoms with Crippen molar-refractivity contribution < 1.29 is 9.18 Å². The van der Waals surface area contributed by atoms with E-state index in [9.17, 15) is 9.18 Å². The number of rotatable bonds is 1. The highest BCUT2D eigenvalue weighted by Gasteiger charge is 2.32. The minimum absolute atomic E-state index is 0.0246. The van der Waals surface area contributed by atoms with Crippen molar-refractivity contribution in [3.8, 4) is 0 Å². The van der Waals surface area contributed by atoms with Gasteiger partial charge in [0.2, 0.25) is 0 Å². The molecule has 4 heteroatoms. The van der Waals surface area contributed by atoms with Gasteiger partial charge in [-0.05, 0) is 43.4 Å². The average Bonchev–Trinajstić information content (AvgIpc) is 2.36. The summed E-state index contributed by atoms with van der Waals surface area (Å²) in [6.07, 6.45) is 1.14. The third-order valence-corrected chi connectivity index (χ3v) is 4.10. The van der Waals surface area contributed by atoms with E-state index in [4.69, 9.17) is 5.73 Å². The number of hydrogen-bond acceptors (Lipinski definition) is 2. The van der Waals surface area contributed by atoms with Crippen molar-refractivity contribution in [2.24, 2.45) is 11.8 Å². The van der Waals surface area contributed by atoms with E-state index in [1.54, 1.807) is 0 Å². The first-order chi connectivity index (χ1) is 8.90. The van der Waals surface area contributed by atoms with Crippen molar-refractivity contribution in [1.82, 2.24) is 4.90 Å². The van der Waals surface area contributed by atoms with Crippen molar-refractivity contribution in [3.63, 3.8) is 0 Å². The number of halogens is 1. The van der Waals surface area contributed by atoms with Crippen LogP contribution in [0, 0.1) is 17.7 Å². The van der Waals surface area contributed by atoms with Gasteiger partial charge in [-0.15, -0.1) is 0 Å². The van der Waals surface area contributed by atoms with Gasteiger partial charge in [-0.25, -0.2) is 4.39 Å². The van der Waals surface area contributed by atoms with Crippen molar-refractivity contribution in [2.45, 2.75) is 33.2 Å². The lowest BCUT2D eigenvalue weighted by atomic mass is 9.85. The Morgan fingerprint density at radius 2 is 2.05 bits per heavy atom. The highest BCUT2D eigenvalue weighted by Crippen LogP contribution is 2.28. The molecule has 0 spiro atoms. The van der Waals surface area contributed by atoms with Gasteiger partial charge in [0, 0.05) is 18.2 Å². The lowest BCUT2D eigenvalue weighted by molar-refractivity contribution is 0.0455. The van der Waals surface area contributed by atoms with Crippen molar-refractivity contribution in [1.29, 1.82) is 0 Å². The van der Waals surface area contributed by atoms with Crippen LogP contribution in [0.1, 0.15) is 37.6 Å². The quantitative estimate of drug-likeness (QED) is 0.793. The number of amides is 1. The second kappa shape index (κ2) is 5.19. The number of carbonyl (C=O) groups is 1. The van der Waals surface area contributed by atoms with Gasteiger partial charge in [0.15, 0.2) is 0 Å². The summed E-state index contributed by atoms with van der Waals surface area (Å²) in [4.78, 5) is 14.4. The largest absolute Gasteiger partial charge is 0.396 e. The van der Waals surface area contributed by atoms with Crippen LogP contribution in [0.5, 0.6) is 0 Å². The van der Waals surface area contributed by atoms with Crippen LogP contribution >= 0.6 is 0 Å². The Labute approximate surface area is 113 Å². The number of benzene rings is 1. The molecule has 19 heavy (non-hydrogen) atoms. The monoisotopic (exact) mass is 264 g/mol. The van der Waals surface area contributed by atoms with E-state index in [2.05, 4.69) is 20.8 Å². The standard InChI is InChI=1S/C15H21FN2O/c1-9-6-10(2)11(3)18(8-9)15(19)12-4-5-13(16)14(17)7-12/h4-5,7,9-11H,6,8,17H2,1-3H3. The van der Waals surface area contributed by atoms with E-state index >= 15 is 0 Å². The van der Waals surface area contributed by atoms with Crippen LogP contribution < -0.4 is 5.73 Å². The summed E-state index contributed by atoms with van der Waals surface area (Å²) in [6.45, 7) is 7.14. The minimum atomic E-state index is -0.482. The number of anilines is 1. The molecule has 3 atom stereocenters. The Hall–Kier alpha value is -1.58.